The SMILES string of the molecule is CC(C)(C)n1[nH]c(=O)cc1C1CCOCC1. The Morgan fingerprint density at radius 3 is 2.56 bits per heavy atom. The number of nitrogens with one attached hydrogen (secondary N) is 1. The second-order valence-corrected chi connectivity index (χ2v) is 5.44. The summed E-state index contributed by atoms with van der Waals surface area (Å²) in [7, 11) is 0. The Morgan fingerprint density at radius 2 is 2.00 bits per heavy atom. The summed E-state index contributed by atoms with van der Waals surface area (Å²) in [6.07, 6.45) is 2.01. The highest BCUT2D eigenvalue weighted by atomic mass is 16.5. The first kappa shape index (κ1) is 11.5. The number of ether oxygens (including phenoxy) is 1. The Kier molecular flexibility index (Phi) is 2.93. The molecule has 1 N–H and O–H groups in total. The summed E-state index contributed by atoms with van der Waals surface area (Å²) in [6.45, 7) is 7.91. The maximum absolute atomic E-state index is 11.5. The summed E-state index contributed by atoms with van der Waals surface area (Å²) in [5, 5.41) is 2.90. The minimum Gasteiger partial charge on any atom is -0.381 e. The standard InChI is InChI=1S/C12H20N2O2/c1-12(2,3)14-10(8-11(15)13-14)9-4-6-16-7-5-9/h8-9H,4-7H2,1-3H3,(H,13,15). The van der Waals surface area contributed by atoms with E-state index in [9.17, 15) is 4.79 Å². The Labute approximate surface area is 95.6 Å². The van der Waals surface area contributed by atoms with E-state index in [0.717, 1.165) is 31.7 Å². The molecular weight excluding hydrogens is 204 g/mol. The molecule has 0 aliphatic carbocycles. The van der Waals surface area contributed by atoms with Crippen molar-refractivity contribution in [1.29, 1.82) is 0 Å². The molecule has 0 bridgehead atoms. The van der Waals surface area contributed by atoms with E-state index in [1.807, 2.05) is 4.68 Å². The van der Waals surface area contributed by atoms with Gasteiger partial charge >= 0.3 is 0 Å². The fourth-order valence-electron chi connectivity index (χ4n) is 2.25. The van der Waals surface area contributed by atoms with Gasteiger partial charge < -0.3 is 4.74 Å². The number of hydrogen-bond donors (Lipinski definition) is 1. The van der Waals surface area contributed by atoms with E-state index in [0.29, 0.717) is 5.92 Å². The number of aromatic nitrogens is 2. The molecule has 1 fully saturated rings. The average molecular weight is 224 g/mol. The van der Waals surface area contributed by atoms with Gasteiger partial charge in [-0.15, -0.1) is 0 Å². The highest BCUT2D eigenvalue weighted by molar-refractivity contribution is 5.11. The fraction of sp³-hybridized carbons (Fsp3) is 0.750. The van der Waals surface area contributed by atoms with Gasteiger partial charge in [-0.05, 0) is 33.6 Å². The van der Waals surface area contributed by atoms with Crippen LogP contribution in [0.2, 0.25) is 0 Å². The summed E-state index contributed by atoms with van der Waals surface area (Å²) < 4.78 is 7.36. The summed E-state index contributed by atoms with van der Waals surface area (Å²) in [6, 6.07) is 1.74. The molecule has 0 amide bonds. The lowest BCUT2D eigenvalue weighted by atomic mass is 9.95. The molecular formula is C12H20N2O2. The molecule has 0 saturated carbocycles. The van der Waals surface area contributed by atoms with Crippen LogP contribution in [0.4, 0.5) is 0 Å². The maximum Gasteiger partial charge on any atom is 0.264 e. The number of H-pyrrole nitrogens is 1. The van der Waals surface area contributed by atoms with Crippen molar-refractivity contribution in [2.45, 2.75) is 45.1 Å². The van der Waals surface area contributed by atoms with Crippen molar-refractivity contribution in [3.63, 3.8) is 0 Å². The number of hydrogen-bond acceptors (Lipinski definition) is 2. The monoisotopic (exact) mass is 224 g/mol. The molecule has 0 aromatic carbocycles. The average Bonchev–Trinajstić information content (AvgIpc) is 2.61. The molecule has 4 heteroatoms. The molecule has 1 saturated heterocycles. The Bertz CT molecular complexity index is 405. The molecule has 1 aromatic heterocycles. The van der Waals surface area contributed by atoms with Crippen LogP contribution in [-0.4, -0.2) is 23.0 Å². The van der Waals surface area contributed by atoms with Gasteiger partial charge in [-0.1, -0.05) is 0 Å². The van der Waals surface area contributed by atoms with Gasteiger partial charge in [-0.25, -0.2) is 0 Å². The van der Waals surface area contributed by atoms with E-state index < -0.39 is 0 Å². The lowest BCUT2D eigenvalue weighted by Gasteiger charge is -2.29. The highest BCUT2D eigenvalue weighted by Crippen LogP contribution is 2.28. The number of rotatable bonds is 1. The van der Waals surface area contributed by atoms with Crippen molar-refractivity contribution in [2.24, 2.45) is 0 Å². The van der Waals surface area contributed by atoms with Gasteiger partial charge in [0, 0.05) is 30.9 Å². The van der Waals surface area contributed by atoms with Gasteiger partial charge in [0.15, 0.2) is 0 Å². The first-order valence-corrected chi connectivity index (χ1v) is 5.88. The molecule has 4 nitrogen and oxygen atoms in total. The van der Waals surface area contributed by atoms with Crippen LogP contribution in [0, 0.1) is 0 Å². The first-order valence-electron chi connectivity index (χ1n) is 5.88. The predicted molar refractivity (Wildman–Crippen MR) is 62.8 cm³/mol. The molecule has 1 aliphatic rings. The summed E-state index contributed by atoms with van der Waals surface area (Å²) in [5.74, 6) is 0.451. The van der Waals surface area contributed by atoms with Gasteiger partial charge in [0.25, 0.3) is 5.56 Å². The van der Waals surface area contributed by atoms with Crippen LogP contribution >= 0.6 is 0 Å². The molecule has 0 radical (unpaired) electrons. The van der Waals surface area contributed by atoms with Crippen molar-refractivity contribution >= 4 is 0 Å². The van der Waals surface area contributed by atoms with E-state index in [-0.39, 0.29) is 11.1 Å². The van der Waals surface area contributed by atoms with Crippen molar-refractivity contribution in [3.8, 4) is 0 Å². The third-order valence-corrected chi connectivity index (χ3v) is 3.07. The smallest absolute Gasteiger partial charge is 0.264 e. The van der Waals surface area contributed by atoms with E-state index in [4.69, 9.17) is 4.74 Å². The van der Waals surface area contributed by atoms with Crippen molar-refractivity contribution in [2.75, 3.05) is 13.2 Å². The molecule has 0 spiro atoms. The molecule has 1 aliphatic heterocycles. The van der Waals surface area contributed by atoms with Gasteiger partial charge in [-0.3, -0.25) is 14.6 Å². The zero-order valence-electron chi connectivity index (χ0n) is 10.2. The summed E-state index contributed by atoms with van der Waals surface area (Å²) >= 11 is 0. The van der Waals surface area contributed by atoms with Crippen LogP contribution in [0.15, 0.2) is 10.9 Å². The lowest BCUT2D eigenvalue weighted by molar-refractivity contribution is 0.0823. The predicted octanol–water partition coefficient (Wildman–Crippen LogP) is 1.83. The van der Waals surface area contributed by atoms with Gasteiger partial charge in [0.05, 0.1) is 5.54 Å². The highest BCUT2D eigenvalue weighted by Gasteiger charge is 2.25. The molecule has 0 unspecified atom stereocenters. The zero-order chi connectivity index (χ0) is 11.8. The molecule has 0 atom stereocenters. The fourth-order valence-corrected chi connectivity index (χ4v) is 2.25. The van der Waals surface area contributed by atoms with Crippen molar-refractivity contribution in [3.05, 3.63) is 22.1 Å². The number of aromatic amines is 1. The lowest BCUT2D eigenvalue weighted by Crippen LogP contribution is -2.28. The largest absolute Gasteiger partial charge is 0.381 e. The van der Waals surface area contributed by atoms with E-state index in [1.165, 1.54) is 0 Å². The van der Waals surface area contributed by atoms with Gasteiger partial charge in [0.2, 0.25) is 0 Å². The van der Waals surface area contributed by atoms with Gasteiger partial charge in [-0.2, -0.15) is 0 Å². The van der Waals surface area contributed by atoms with E-state index >= 15 is 0 Å². The second kappa shape index (κ2) is 4.09. The third kappa shape index (κ3) is 2.21. The minimum atomic E-state index is -0.0731. The number of nitrogens with zero attached hydrogens (tertiary/aromatic N) is 1. The minimum absolute atomic E-state index is 0.00332. The van der Waals surface area contributed by atoms with Crippen LogP contribution in [0.3, 0.4) is 0 Å². The second-order valence-electron chi connectivity index (χ2n) is 5.44. The Hall–Kier alpha value is -1.03. The van der Waals surface area contributed by atoms with Gasteiger partial charge in [0.1, 0.15) is 0 Å². The Morgan fingerprint density at radius 1 is 1.38 bits per heavy atom. The Balaban J connectivity index is 2.35. The van der Waals surface area contributed by atoms with Crippen LogP contribution in [-0.2, 0) is 10.3 Å². The van der Waals surface area contributed by atoms with Crippen LogP contribution in [0.1, 0.15) is 45.2 Å². The maximum atomic E-state index is 11.5. The van der Waals surface area contributed by atoms with Crippen LogP contribution in [0.25, 0.3) is 0 Å². The summed E-state index contributed by atoms with van der Waals surface area (Å²) in [4.78, 5) is 11.5. The van der Waals surface area contributed by atoms with Crippen molar-refractivity contribution in [1.82, 2.24) is 9.78 Å². The summed E-state index contributed by atoms with van der Waals surface area (Å²) in [5.41, 5.74) is 1.05. The molecule has 1 aromatic rings. The molecule has 2 rings (SSSR count). The van der Waals surface area contributed by atoms with E-state index in [2.05, 4.69) is 25.9 Å². The quantitative estimate of drug-likeness (QED) is 0.791. The zero-order valence-corrected chi connectivity index (χ0v) is 10.2. The third-order valence-electron chi connectivity index (χ3n) is 3.07. The topological polar surface area (TPSA) is 47.0 Å². The van der Waals surface area contributed by atoms with Crippen LogP contribution in [0.5, 0.6) is 0 Å². The molecule has 2 heterocycles. The van der Waals surface area contributed by atoms with Crippen molar-refractivity contribution < 1.29 is 4.74 Å². The molecule has 16 heavy (non-hydrogen) atoms. The first-order chi connectivity index (χ1) is 7.48. The molecule has 90 valence electrons. The van der Waals surface area contributed by atoms with Crippen LogP contribution < -0.4 is 5.56 Å². The normalized spacial score (nSPS) is 18.9. The van der Waals surface area contributed by atoms with E-state index in [1.54, 1.807) is 6.07 Å².